The van der Waals surface area contributed by atoms with Crippen molar-refractivity contribution < 1.29 is 19.4 Å². The second-order valence-corrected chi connectivity index (χ2v) is 5.54. The fourth-order valence-electron chi connectivity index (χ4n) is 2.76. The number of benzene rings is 2. The summed E-state index contributed by atoms with van der Waals surface area (Å²) >= 11 is 0. The first kappa shape index (κ1) is 14.4. The molecule has 114 valence electrons. The number of methoxy groups -OCH3 is 2. The van der Waals surface area contributed by atoms with Crippen molar-refractivity contribution in [1.82, 2.24) is 0 Å². The largest absolute Gasteiger partial charge is 0.493 e. The maximum Gasteiger partial charge on any atom is 0.314 e. The molecule has 0 bridgehead atoms. The molecule has 0 radical (unpaired) electrons. The molecule has 0 aromatic heterocycles. The number of carboxylic acid groups (broad SMARTS) is 1. The van der Waals surface area contributed by atoms with Crippen molar-refractivity contribution in [3.05, 3.63) is 48.0 Å². The Morgan fingerprint density at radius 3 is 2.27 bits per heavy atom. The van der Waals surface area contributed by atoms with Crippen molar-refractivity contribution in [2.45, 2.75) is 18.3 Å². The van der Waals surface area contributed by atoms with E-state index in [-0.39, 0.29) is 0 Å². The summed E-state index contributed by atoms with van der Waals surface area (Å²) < 4.78 is 10.6. The van der Waals surface area contributed by atoms with E-state index >= 15 is 0 Å². The first-order valence-corrected chi connectivity index (χ1v) is 7.17. The first-order valence-electron chi connectivity index (χ1n) is 7.17. The molecule has 2 aromatic carbocycles. The third-order valence-electron chi connectivity index (χ3n) is 4.29. The third kappa shape index (κ3) is 2.30. The zero-order chi connectivity index (χ0) is 15.7. The Bertz CT molecular complexity index is 717. The lowest BCUT2D eigenvalue weighted by atomic mass is 9.92. The molecule has 1 fully saturated rings. The van der Waals surface area contributed by atoms with E-state index in [0.29, 0.717) is 24.3 Å². The molecule has 0 saturated heterocycles. The number of aliphatic carboxylic acids is 1. The summed E-state index contributed by atoms with van der Waals surface area (Å²) in [7, 11) is 3.20. The highest BCUT2D eigenvalue weighted by molar-refractivity contribution is 5.85. The minimum absolute atomic E-state index is 0.657. The lowest BCUT2D eigenvalue weighted by molar-refractivity contribution is -0.140. The van der Waals surface area contributed by atoms with Gasteiger partial charge in [-0.1, -0.05) is 30.3 Å². The molecular weight excluding hydrogens is 280 g/mol. The van der Waals surface area contributed by atoms with Crippen LogP contribution >= 0.6 is 0 Å². The van der Waals surface area contributed by atoms with Crippen LogP contribution in [0.3, 0.4) is 0 Å². The number of rotatable bonds is 5. The summed E-state index contributed by atoms with van der Waals surface area (Å²) in [6.45, 7) is 0. The minimum Gasteiger partial charge on any atom is -0.493 e. The van der Waals surface area contributed by atoms with Gasteiger partial charge in [0.05, 0.1) is 19.6 Å². The van der Waals surface area contributed by atoms with Crippen molar-refractivity contribution in [1.29, 1.82) is 0 Å². The van der Waals surface area contributed by atoms with Gasteiger partial charge in [0, 0.05) is 0 Å². The molecular formula is C18H18O4. The van der Waals surface area contributed by atoms with Crippen LogP contribution < -0.4 is 9.47 Å². The lowest BCUT2D eigenvalue weighted by Gasteiger charge is -2.13. The monoisotopic (exact) mass is 298 g/mol. The second kappa shape index (κ2) is 5.37. The summed E-state index contributed by atoms with van der Waals surface area (Å²) in [6, 6.07) is 13.4. The van der Waals surface area contributed by atoms with Gasteiger partial charge < -0.3 is 14.6 Å². The molecule has 0 aliphatic heterocycles. The van der Waals surface area contributed by atoms with Crippen LogP contribution in [0, 0.1) is 0 Å². The van der Waals surface area contributed by atoms with Gasteiger partial charge in [-0.3, -0.25) is 4.79 Å². The van der Waals surface area contributed by atoms with Crippen LogP contribution in [0.4, 0.5) is 0 Å². The topological polar surface area (TPSA) is 55.8 Å². The van der Waals surface area contributed by atoms with E-state index in [4.69, 9.17) is 9.47 Å². The Morgan fingerprint density at radius 2 is 1.68 bits per heavy atom. The standard InChI is InChI=1S/C18H18O4/c1-21-15-7-6-13(11-16(15)22-2)12-4-3-5-14(10-12)18(8-9-18)17(19)20/h3-7,10-11H,8-9H2,1-2H3,(H,19,20). The number of carbonyl (C=O) groups is 1. The van der Waals surface area contributed by atoms with Crippen LogP contribution in [-0.4, -0.2) is 25.3 Å². The fraction of sp³-hybridized carbons (Fsp3) is 0.278. The third-order valence-corrected chi connectivity index (χ3v) is 4.29. The smallest absolute Gasteiger partial charge is 0.314 e. The van der Waals surface area contributed by atoms with Crippen LogP contribution in [0.25, 0.3) is 11.1 Å². The number of ether oxygens (including phenoxy) is 2. The molecule has 0 heterocycles. The normalized spacial score (nSPS) is 15.2. The molecule has 1 saturated carbocycles. The summed E-state index contributed by atoms with van der Waals surface area (Å²) in [5.74, 6) is 0.591. The van der Waals surface area contributed by atoms with Gasteiger partial charge in [0.1, 0.15) is 0 Å². The molecule has 0 unspecified atom stereocenters. The molecule has 0 spiro atoms. The highest BCUT2D eigenvalue weighted by atomic mass is 16.5. The van der Waals surface area contributed by atoms with E-state index in [2.05, 4.69) is 0 Å². The Morgan fingerprint density at radius 1 is 1.00 bits per heavy atom. The Balaban J connectivity index is 2.01. The molecule has 3 rings (SSSR count). The van der Waals surface area contributed by atoms with E-state index < -0.39 is 11.4 Å². The zero-order valence-electron chi connectivity index (χ0n) is 12.6. The Kier molecular flexibility index (Phi) is 3.53. The maximum absolute atomic E-state index is 11.5. The first-order chi connectivity index (χ1) is 10.6. The molecule has 1 aliphatic rings. The molecule has 1 N–H and O–H groups in total. The van der Waals surface area contributed by atoms with Crippen molar-refractivity contribution in [3.8, 4) is 22.6 Å². The van der Waals surface area contributed by atoms with Gasteiger partial charge in [-0.2, -0.15) is 0 Å². The predicted molar refractivity (Wildman–Crippen MR) is 83.5 cm³/mol. The molecule has 22 heavy (non-hydrogen) atoms. The zero-order valence-corrected chi connectivity index (χ0v) is 12.6. The Hall–Kier alpha value is -2.49. The van der Waals surface area contributed by atoms with Crippen LogP contribution in [0.15, 0.2) is 42.5 Å². The van der Waals surface area contributed by atoms with Gasteiger partial charge in [-0.25, -0.2) is 0 Å². The summed E-state index contributed by atoms with van der Waals surface area (Å²) in [5, 5.41) is 9.43. The quantitative estimate of drug-likeness (QED) is 0.918. The minimum atomic E-state index is -0.739. The van der Waals surface area contributed by atoms with Gasteiger partial charge in [-0.15, -0.1) is 0 Å². The molecule has 4 heteroatoms. The van der Waals surface area contributed by atoms with Gasteiger partial charge in [0.25, 0.3) is 0 Å². The van der Waals surface area contributed by atoms with Crippen LogP contribution in [0.2, 0.25) is 0 Å². The summed E-state index contributed by atoms with van der Waals surface area (Å²) in [5.41, 5.74) is 2.13. The average Bonchev–Trinajstić information content (AvgIpc) is 3.36. The maximum atomic E-state index is 11.5. The summed E-state index contributed by atoms with van der Waals surface area (Å²) in [6.07, 6.45) is 1.41. The molecule has 0 atom stereocenters. The number of hydrogen-bond acceptors (Lipinski definition) is 3. The van der Waals surface area contributed by atoms with Crippen molar-refractivity contribution in [2.24, 2.45) is 0 Å². The van der Waals surface area contributed by atoms with Gasteiger partial charge in [-0.05, 0) is 41.7 Å². The predicted octanol–water partition coefficient (Wildman–Crippen LogP) is 3.49. The SMILES string of the molecule is COc1ccc(-c2cccc(C3(C(=O)O)CC3)c2)cc1OC. The highest BCUT2D eigenvalue weighted by Gasteiger charge is 2.51. The number of hydrogen-bond donors (Lipinski definition) is 1. The van der Waals surface area contributed by atoms with Crippen LogP contribution in [0.1, 0.15) is 18.4 Å². The molecule has 4 nitrogen and oxygen atoms in total. The molecule has 1 aliphatic carbocycles. The van der Waals surface area contributed by atoms with Crippen molar-refractivity contribution in [3.63, 3.8) is 0 Å². The number of carboxylic acids is 1. The molecule has 0 amide bonds. The van der Waals surface area contributed by atoms with Crippen molar-refractivity contribution in [2.75, 3.05) is 14.2 Å². The Labute approximate surface area is 129 Å². The van der Waals surface area contributed by atoms with E-state index in [1.807, 2.05) is 42.5 Å². The summed E-state index contributed by atoms with van der Waals surface area (Å²) in [4.78, 5) is 11.5. The lowest BCUT2D eigenvalue weighted by Crippen LogP contribution is -2.19. The van der Waals surface area contributed by atoms with Gasteiger partial charge in [0.15, 0.2) is 11.5 Å². The van der Waals surface area contributed by atoms with Gasteiger partial charge in [0.2, 0.25) is 0 Å². The fourth-order valence-corrected chi connectivity index (χ4v) is 2.76. The van der Waals surface area contributed by atoms with E-state index in [9.17, 15) is 9.90 Å². The second-order valence-electron chi connectivity index (χ2n) is 5.54. The van der Waals surface area contributed by atoms with Crippen LogP contribution in [-0.2, 0) is 10.2 Å². The van der Waals surface area contributed by atoms with Gasteiger partial charge >= 0.3 is 5.97 Å². The molecule has 2 aromatic rings. The van der Waals surface area contributed by atoms with Crippen LogP contribution in [0.5, 0.6) is 11.5 Å². The average molecular weight is 298 g/mol. The van der Waals surface area contributed by atoms with E-state index in [1.54, 1.807) is 14.2 Å². The van der Waals surface area contributed by atoms with E-state index in [0.717, 1.165) is 16.7 Å². The van der Waals surface area contributed by atoms with Crippen molar-refractivity contribution >= 4 is 5.97 Å². The van der Waals surface area contributed by atoms with E-state index in [1.165, 1.54) is 0 Å². The highest BCUT2D eigenvalue weighted by Crippen LogP contribution is 2.49.